The van der Waals surface area contributed by atoms with Crippen LogP contribution in [0.3, 0.4) is 0 Å². The van der Waals surface area contributed by atoms with Gasteiger partial charge in [-0.15, -0.1) is 6.58 Å². The van der Waals surface area contributed by atoms with Crippen LogP contribution in [0.1, 0.15) is 19.8 Å². The Bertz CT molecular complexity index is 206. The molecule has 54 valence electrons. The maximum absolute atomic E-state index is 3.97. The first-order valence-corrected chi connectivity index (χ1v) is 4.43. The minimum absolute atomic E-state index is 0.671. The van der Waals surface area contributed by atoms with E-state index in [2.05, 4.69) is 19.6 Å². The molecule has 0 heteroatoms. The normalized spacial score (nSPS) is 68.5. The Morgan fingerprint density at radius 2 is 2.40 bits per heavy atom. The monoisotopic (exact) mass is 134 g/mol. The summed E-state index contributed by atoms with van der Waals surface area (Å²) in [7, 11) is 0. The highest BCUT2D eigenvalue weighted by Gasteiger charge is 2.75. The zero-order chi connectivity index (χ0) is 6.93. The summed E-state index contributed by atoms with van der Waals surface area (Å²) in [5.41, 5.74) is 0.671. The maximum Gasteiger partial charge on any atom is -0.00529 e. The Kier molecular flexibility index (Phi) is 0.657. The lowest BCUT2D eigenvalue weighted by Crippen LogP contribution is -1.97. The van der Waals surface area contributed by atoms with Gasteiger partial charge < -0.3 is 0 Å². The predicted octanol–water partition coefficient (Wildman–Crippen LogP) is 2.46. The van der Waals surface area contributed by atoms with Crippen molar-refractivity contribution in [2.24, 2.45) is 29.1 Å². The fraction of sp³-hybridized carbons (Fsp3) is 0.800. The van der Waals surface area contributed by atoms with Gasteiger partial charge in [-0.1, -0.05) is 13.0 Å². The summed E-state index contributed by atoms with van der Waals surface area (Å²) in [5, 5.41) is 0. The van der Waals surface area contributed by atoms with E-state index >= 15 is 0 Å². The van der Waals surface area contributed by atoms with E-state index in [-0.39, 0.29) is 0 Å². The van der Waals surface area contributed by atoms with Crippen molar-refractivity contribution in [3.05, 3.63) is 12.7 Å². The van der Waals surface area contributed by atoms with E-state index in [1.807, 2.05) is 0 Å². The molecule has 4 fully saturated rings. The van der Waals surface area contributed by atoms with Gasteiger partial charge in [0.05, 0.1) is 0 Å². The number of allylic oxidation sites excluding steroid dienone is 1. The van der Waals surface area contributed by atoms with Crippen LogP contribution in [0.2, 0.25) is 0 Å². The molecule has 0 spiro atoms. The van der Waals surface area contributed by atoms with Gasteiger partial charge in [-0.25, -0.2) is 0 Å². The fourth-order valence-electron chi connectivity index (χ4n) is 4.01. The summed E-state index contributed by atoms with van der Waals surface area (Å²) in [4.78, 5) is 0. The molecule has 0 saturated heterocycles. The average Bonchev–Trinajstić information content (AvgIpc) is 2.36. The molecule has 0 nitrogen and oxygen atoms in total. The van der Waals surface area contributed by atoms with Crippen LogP contribution in [0.5, 0.6) is 0 Å². The van der Waals surface area contributed by atoms with Gasteiger partial charge in [0.15, 0.2) is 0 Å². The second-order valence-electron chi connectivity index (χ2n) is 4.51. The largest absolute Gasteiger partial charge is 0.103 e. The van der Waals surface area contributed by atoms with E-state index in [0.29, 0.717) is 5.41 Å². The fourth-order valence-corrected chi connectivity index (χ4v) is 4.01. The molecule has 0 heterocycles. The third-order valence-corrected chi connectivity index (χ3v) is 4.50. The van der Waals surface area contributed by atoms with Gasteiger partial charge in [-0.05, 0) is 41.9 Å². The molecule has 0 aromatic carbocycles. The van der Waals surface area contributed by atoms with Gasteiger partial charge in [0.1, 0.15) is 0 Å². The molecule has 0 aromatic heterocycles. The van der Waals surface area contributed by atoms with Crippen molar-refractivity contribution in [1.29, 1.82) is 0 Å². The zero-order valence-electron chi connectivity index (χ0n) is 6.51. The van der Waals surface area contributed by atoms with Crippen LogP contribution in [0, 0.1) is 29.1 Å². The molecule has 4 saturated carbocycles. The number of hydrogen-bond acceptors (Lipinski definition) is 0. The van der Waals surface area contributed by atoms with Crippen LogP contribution in [-0.4, -0.2) is 0 Å². The highest BCUT2D eigenvalue weighted by atomic mass is 14.8. The van der Waals surface area contributed by atoms with E-state index in [9.17, 15) is 0 Å². The van der Waals surface area contributed by atoms with Crippen molar-refractivity contribution in [3.63, 3.8) is 0 Å². The molecular weight excluding hydrogens is 120 g/mol. The minimum atomic E-state index is 0.671. The molecule has 4 aliphatic carbocycles. The predicted molar refractivity (Wildman–Crippen MR) is 41.5 cm³/mol. The molecule has 5 atom stereocenters. The molecular formula is C10H14. The van der Waals surface area contributed by atoms with E-state index in [4.69, 9.17) is 0 Å². The lowest BCUT2D eigenvalue weighted by atomic mass is 10.0. The summed E-state index contributed by atoms with van der Waals surface area (Å²) in [5.74, 6) is 4.25. The number of hydrogen-bond donors (Lipinski definition) is 0. The average molecular weight is 134 g/mol. The van der Waals surface area contributed by atoms with Crippen molar-refractivity contribution in [2.75, 3.05) is 0 Å². The molecule has 0 aliphatic heterocycles. The molecule has 4 aliphatic rings. The Hall–Kier alpha value is -0.260. The molecule has 0 amide bonds. The first kappa shape index (κ1) is 5.40. The van der Waals surface area contributed by atoms with Crippen LogP contribution in [-0.2, 0) is 0 Å². The zero-order valence-corrected chi connectivity index (χ0v) is 6.51. The van der Waals surface area contributed by atoms with Gasteiger partial charge in [0.2, 0.25) is 0 Å². The third kappa shape index (κ3) is 0.309. The van der Waals surface area contributed by atoms with Gasteiger partial charge in [0, 0.05) is 0 Å². The van der Waals surface area contributed by atoms with Gasteiger partial charge in [-0.2, -0.15) is 0 Å². The Balaban J connectivity index is 2.07. The maximum atomic E-state index is 3.97. The molecule has 5 unspecified atom stereocenters. The Morgan fingerprint density at radius 1 is 1.60 bits per heavy atom. The van der Waals surface area contributed by atoms with Crippen LogP contribution >= 0.6 is 0 Å². The topological polar surface area (TPSA) is 0 Å². The van der Waals surface area contributed by atoms with Crippen LogP contribution < -0.4 is 0 Å². The summed E-state index contributed by atoms with van der Waals surface area (Å²) >= 11 is 0. The molecule has 4 bridgehead atoms. The lowest BCUT2D eigenvalue weighted by Gasteiger charge is -2.04. The third-order valence-electron chi connectivity index (χ3n) is 4.50. The first-order chi connectivity index (χ1) is 4.79. The van der Waals surface area contributed by atoms with Gasteiger partial charge in [0.25, 0.3) is 0 Å². The Morgan fingerprint density at radius 3 is 2.60 bits per heavy atom. The highest BCUT2D eigenvalue weighted by Crippen LogP contribution is 2.81. The smallest absolute Gasteiger partial charge is 0.00529 e. The SMILES string of the molecule is C=CC12CC3CC1C2C3C. The molecule has 10 heavy (non-hydrogen) atoms. The van der Waals surface area contributed by atoms with E-state index in [1.165, 1.54) is 12.8 Å². The second-order valence-corrected chi connectivity index (χ2v) is 4.51. The standard InChI is InChI=1S/C10H14/c1-3-10-5-7-4-8(10)9(10)6(7)2/h3,6-9H,1,4-5H2,2H3. The van der Waals surface area contributed by atoms with Crippen LogP contribution in [0.4, 0.5) is 0 Å². The van der Waals surface area contributed by atoms with Crippen molar-refractivity contribution >= 4 is 0 Å². The molecule has 4 rings (SSSR count). The molecule has 0 aromatic rings. The van der Waals surface area contributed by atoms with E-state index in [0.717, 1.165) is 23.7 Å². The second kappa shape index (κ2) is 1.22. The van der Waals surface area contributed by atoms with Crippen LogP contribution in [0.25, 0.3) is 0 Å². The quantitative estimate of drug-likeness (QED) is 0.483. The molecule has 0 N–H and O–H groups in total. The van der Waals surface area contributed by atoms with E-state index < -0.39 is 0 Å². The summed E-state index contributed by atoms with van der Waals surface area (Å²) in [6.07, 6.45) is 5.26. The summed E-state index contributed by atoms with van der Waals surface area (Å²) in [6.45, 7) is 6.41. The summed E-state index contributed by atoms with van der Waals surface area (Å²) < 4.78 is 0. The lowest BCUT2D eigenvalue weighted by molar-refractivity contribution is 0.451. The molecule has 0 radical (unpaired) electrons. The van der Waals surface area contributed by atoms with Crippen molar-refractivity contribution in [3.8, 4) is 0 Å². The van der Waals surface area contributed by atoms with Gasteiger partial charge in [-0.3, -0.25) is 0 Å². The summed E-state index contributed by atoms with van der Waals surface area (Å²) in [6, 6.07) is 0. The van der Waals surface area contributed by atoms with Gasteiger partial charge >= 0.3 is 0 Å². The van der Waals surface area contributed by atoms with E-state index in [1.54, 1.807) is 0 Å². The highest BCUT2D eigenvalue weighted by molar-refractivity contribution is 5.30. The van der Waals surface area contributed by atoms with Crippen LogP contribution in [0.15, 0.2) is 12.7 Å². The van der Waals surface area contributed by atoms with Crippen molar-refractivity contribution in [1.82, 2.24) is 0 Å². The first-order valence-electron chi connectivity index (χ1n) is 4.43. The van der Waals surface area contributed by atoms with Crippen molar-refractivity contribution < 1.29 is 0 Å². The van der Waals surface area contributed by atoms with Crippen molar-refractivity contribution in [2.45, 2.75) is 19.8 Å². The number of rotatable bonds is 1. The Labute approximate surface area is 62.3 Å². The minimum Gasteiger partial charge on any atom is -0.103 e.